The molecule has 0 aliphatic heterocycles. The number of carbonyl (C=O) groups excluding carboxylic acids is 1. The summed E-state index contributed by atoms with van der Waals surface area (Å²) >= 11 is 0. The van der Waals surface area contributed by atoms with Crippen LogP contribution in [0.25, 0.3) is 0 Å². The fourth-order valence-corrected chi connectivity index (χ4v) is 1.78. The third-order valence-corrected chi connectivity index (χ3v) is 3.54. The smallest absolute Gasteiger partial charge is 0.234 e. The molecule has 0 atom stereocenters. The number of amides is 1. The highest BCUT2D eigenvalue weighted by atomic mass is 32.2. The molecule has 0 radical (unpaired) electrons. The van der Waals surface area contributed by atoms with Crippen molar-refractivity contribution in [2.45, 2.75) is 33.2 Å². The van der Waals surface area contributed by atoms with Crippen LogP contribution in [0.3, 0.4) is 0 Å². The van der Waals surface area contributed by atoms with Crippen LogP contribution in [0.1, 0.15) is 27.7 Å². The molecule has 0 unspecified atom stereocenters. The van der Waals surface area contributed by atoms with Crippen LogP contribution in [-0.4, -0.2) is 44.5 Å². The molecule has 2 N–H and O–H groups in total. The molecule has 0 heterocycles. The predicted molar refractivity (Wildman–Crippen MR) is 65.1 cm³/mol. The summed E-state index contributed by atoms with van der Waals surface area (Å²) in [5, 5.41) is 5.59. The van der Waals surface area contributed by atoms with Gasteiger partial charge in [-0.2, -0.15) is 0 Å². The zero-order valence-electron chi connectivity index (χ0n) is 10.5. The second-order valence-corrected chi connectivity index (χ2v) is 7.18. The number of hydrogen-bond donors (Lipinski definition) is 2. The first-order valence-corrected chi connectivity index (χ1v) is 7.20. The number of rotatable bonds is 6. The Morgan fingerprint density at radius 3 is 2.25 bits per heavy atom. The molecule has 0 aromatic carbocycles. The van der Waals surface area contributed by atoms with Gasteiger partial charge in [0.05, 0.1) is 12.3 Å². The van der Waals surface area contributed by atoms with E-state index in [4.69, 9.17) is 0 Å². The maximum absolute atomic E-state index is 11.3. The summed E-state index contributed by atoms with van der Waals surface area (Å²) in [4.78, 5) is 11.3. The second kappa shape index (κ2) is 6.20. The SMILES string of the molecule is CCS(=O)(=O)CCNCC(=O)NC(C)(C)C. The van der Waals surface area contributed by atoms with Gasteiger partial charge < -0.3 is 10.6 Å². The zero-order valence-corrected chi connectivity index (χ0v) is 11.3. The van der Waals surface area contributed by atoms with Gasteiger partial charge in [-0.1, -0.05) is 6.92 Å². The van der Waals surface area contributed by atoms with E-state index in [0.29, 0.717) is 6.54 Å². The van der Waals surface area contributed by atoms with Crippen molar-refractivity contribution < 1.29 is 13.2 Å². The summed E-state index contributed by atoms with van der Waals surface area (Å²) in [5.74, 6) is 0.0937. The summed E-state index contributed by atoms with van der Waals surface area (Å²) in [6.07, 6.45) is 0. The Morgan fingerprint density at radius 2 is 1.81 bits per heavy atom. The van der Waals surface area contributed by atoms with Crippen LogP contribution < -0.4 is 10.6 Å². The Balaban J connectivity index is 3.72. The van der Waals surface area contributed by atoms with E-state index in [0.717, 1.165) is 0 Å². The van der Waals surface area contributed by atoms with Gasteiger partial charge in [-0.25, -0.2) is 8.42 Å². The first kappa shape index (κ1) is 15.4. The largest absolute Gasteiger partial charge is 0.350 e. The molecule has 0 saturated heterocycles. The maximum Gasteiger partial charge on any atom is 0.234 e. The van der Waals surface area contributed by atoms with Gasteiger partial charge in [-0.05, 0) is 20.8 Å². The predicted octanol–water partition coefficient (Wildman–Crippen LogP) is -0.0746. The van der Waals surface area contributed by atoms with Gasteiger partial charge in [-0.3, -0.25) is 4.79 Å². The van der Waals surface area contributed by atoms with Crippen LogP contribution in [0.5, 0.6) is 0 Å². The Morgan fingerprint density at radius 1 is 1.25 bits per heavy atom. The van der Waals surface area contributed by atoms with Gasteiger partial charge in [0.2, 0.25) is 5.91 Å². The quantitative estimate of drug-likeness (QED) is 0.647. The van der Waals surface area contributed by atoms with Crippen LogP contribution in [0.15, 0.2) is 0 Å². The molecule has 0 rings (SSSR count). The van der Waals surface area contributed by atoms with Gasteiger partial charge in [0.15, 0.2) is 9.84 Å². The molecule has 0 aromatic rings. The lowest BCUT2D eigenvalue weighted by Gasteiger charge is -2.20. The zero-order chi connectivity index (χ0) is 12.8. The molecule has 5 nitrogen and oxygen atoms in total. The fourth-order valence-electron chi connectivity index (χ4n) is 1.04. The Labute approximate surface area is 97.9 Å². The molecule has 6 heteroatoms. The number of sulfone groups is 1. The van der Waals surface area contributed by atoms with Crippen molar-refractivity contribution in [3.63, 3.8) is 0 Å². The molecule has 0 aliphatic carbocycles. The average molecular weight is 250 g/mol. The van der Waals surface area contributed by atoms with Gasteiger partial charge in [-0.15, -0.1) is 0 Å². The molecule has 0 bridgehead atoms. The van der Waals surface area contributed by atoms with Crippen LogP contribution in [0, 0.1) is 0 Å². The van der Waals surface area contributed by atoms with E-state index in [1.807, 2.05) is 20.8 Å². The first-order valence-electron chi connectivity index (χ1n) is 5.38. The van der Waals surface area contributed by atoms with Gasteiger partial charge in [0.25, 0.3) is 0 Å². The number of carbonyl (C=O) groups is 1. The third kappa shape index (κ3) is 8.67. The van der Waals surface area contributed by atoms with Crippen molar-refractivity contribution in [3.05, 3.63) is 0 Å². The van der Waals surface area contributed by atoms with Crippen molar-refractivity contribution in [2.24, 2.45) is 0 Å². The minimum Gasteiger partial charge on any atom is -0.350 e. The highest BCUT2D eigenvalue weighted by molar-refractivity contribution is 7.91. The standard InChI is InChI=1S/C10H22N2O3S/c1-5-16(14,15)7-6-11-8-9(13)12-10(2,3)4/h11H,5-8H2,1-4H3,(H,12,13). The lowest BCUT2D eigenvalue weighted by molar-refractivity contribution is -0.121. The van der Waals surface area contributed by atoms with Crippen LogP contribution in [-0.2, 0) is 14.6 Å². The van der Waals surface area contributed by atoms with Crippen LogP contribution in [0.2, 0.25) is 0 Å². The van der Waals surface area contributed by atoms with Gasteiger partial charge >= 0.3 is 0 Å². The van der Waals surface area contributed by atoms with Crippen molar-refractivity contribution in [2.75, 3.05) is 24.6 Å². The number of nitrogens with one attached hydrogen (secondary N) is 2. The Bertz CT molecular complexity index is 317. The van der Waals surface area contributed by atoms with E-state index < -0.39 is 9.84 Å². The highest BCUT2D eigenvalue weighted by Crippen LogP contribution is 1.97. The van der Waals surface area contributed by atoms with Crippen molar-refractivity contribution in [1.82, 2.24) is 10.6 Å². The van der Waals surface area contributed by atoms with Crippen molar-refractivity contribution in [1.29, 1.82) is 0 Å². The molecule has 0 saturated carbocycles. The highest BCUT2D eigenvalue weighted by Gasteiger charge is 2.13. The molecule has 16 heavy (non-hydrogen) atoms. The normalized spacial score (nSPS) is 12.5. The first-order chi connectivity index (χ1) is 7.16. The maximum atomic E-state index is 11.3. The van der Waals surface area contributed by atoms with E-state index in [-0.39, 0.29) is 29.5 Å². The molecule has 0 fully saturated rings. The van der Waals surface area contributed by atoms with E-state index in [1.165, 1.54) is 0 Å². The average Bonchev–Trinajstić information content (AvgIpc) is 2.10. The third-order valence-electron chi connectivity index (χ3n) is 1.83. The molecule has 0 aromatic heterocycles. The molecular weight excluding hydrogens is 228 g/mol. The van der Waals surface area contributed by atoms with Crippen LogP contribution in [0.4, 0.5) is 0 Å². The summed E-state index contributed by atoms with van der Waals surface area (Å²) in [6, 6.07) is 0. The monoisotopic (exact) mass is 250 g/mol. The Kier molecular flexibility index (Phi) is 5.96. The summed E-state index contributed by atoms with van der Waals surface area (Å²) in [6.45, 7) is 7.76. The van der Waals surface area contributed by atoms with Crippen molar-refractivity contribution in [3.8, 4) is 0 Å². The molecule has 0 aliphatic rings. The van der Waals surface area contributed by atoms with E-state index in [2.05, 4.69) is 10.6 Å². The summed E-state index contributed by atoms with van der Waals surface area (Å²) in [7, 11) is -2.95. The second-order valence-electron chi connectivity index (χ2n) is 4.71. The van der Waals surface area contributed by atoms with Crippen LogP contribution >= 0.6 is 0 Å². The summed E-state index contributed by atoms with van der Waals surface area (Å²) in [5.41, 5.74) is -0.256. The number of hydrogen-bond acceptors (Lipinski definition) is 4. The Hall–Kier alpha value is -0.620. The minimum atomic E-state index is -2.95. The topological polar surface area (TPSA) is 75.3 Å². The van der Waals surface area contributed by atoms with Gasteiger partial charge in [0, 0.05) is 17.8 Å². The van der Waals surface area contributed by atoms with E-state index >= 15 is 0 Å². The molecular formula is C10H22N2O3S. The fraction of sp³-hybridized carbons (Fsp3) is 0.900. The van der Waals surface area contributed by atoms with E-state index in [1.54, 1.807) is 6.92 Å². The van der Waals surface area contributed by atoms with Crippen molar-refractivity contribution >= 4 is 15.7 Å². The lowest BCUT2D eigenvalue weighted by Crippen LogP contribution is -2.45. The van der Waals surface area contributed by atoms with E-state index in [9.17, 15) is 13.2 Å². The molecule has 96 valence electrons. The molecule has 0 spiro atoms. The molecule has 1 amide bonds. The summed E-state index contributed by atoms with van der Waals surface area (Å²) < 4.78 is 22.3. The van der Waals surface area contributed by atoms with Gasteiger partial charge in [0.1, 0.15) is 0 Å². The lowest BCUT2D eigenvalue weighted by atomic mass is 10.1. The minimum absolute atomic E-state index is 0.0757.